The Hall–Kier alpha value is -0.500. The minimum absolute atomic E-state index is 0.0590. The van der Waals surface area contributed by atoms with Gasteiger partial charge < -0.3 is 10.2 Å². The number of hydrogen-bond donors (Lipinski definition) is 2. The highest BCUT2D eigenvalue weighted by molar-refractivity contribution is 4.90. The summed E-state index contributed by atoms with van der Waals surface area (Å²) in [5.74, 6) is 0. The van der Waals surface area contributed by atoms with Gasteiger partial charge in [0.2, 0.25) is 0 Å². The van der Waals surface area contributed by atoms with E-state index in [1.165, 1.54) is 0 Å². The molecule has 0 fully saturated rings. The van der Waals surface area contributed by atoms with Crippen LogP contribution in [0, 0.1) is 0 Å². The van der Waals surface area contributed by atoms with Crippen LogP contribution in [0.25, 0.3) is 0 Å². The van der Waals surface area contributed by atoms with E-state index in [9.17, 15) is 0 Å². The van der Waals surface area contributed by atoms with Crippen LogP contribution in [0.2, 0.25) is 0 Å². The zero-order valence-electron chi connectivity index (χ0n) is 3.68. The Labute approximate surface area is 36.7 Å². The van der Waals surface area contributed by atoms with Crippen molar-refractivity contribution in [1.82, 2.24) is 0 Å². The molecule has 0 aliphatic rings. The largest absolute Gasteiger partial charge is 0.516 e. The van der Waals surface area contributed by atoms with E-state index in [2.05, 4.69) is 0 Å². The first-order valence-electron chi connectivity index (χ1n) is 1.72. The van der Waals surface area contributed by atoms with Crippen molar-refractivity contribution in [3.8, 4) is 0 Å². The lowest BCUT2D eigenvalue weighted by Crippen LogP contribution is -1.80. The lowest BCUT2D eigenvalue weighted by Gasteiger charge is -1.83. The van der Waals surface area contributed by atoms with Crippen LogP contribution in [0.4, 0.5) is 0 Å². The van der Waals surface area contributed by atoms with Crippen LogP contribution < -0.4 is 0 Å². The molecule has 2 heteroatoms. The van der Waals surface area contributed by atoms with Gasteiger partial charge in [0.15, 0.2) is 0 Å². The fourth-order valence-electron chi connectivity index (χ4n) is 0.0408. The normalized spacial score (nSPS) is 12.0. The van der Waals surface area contributed by atoms with E-state index in [4.69, 9.17) is 10.2 Å². The van der Waals surface area contributed by atoms with Gasteiger partial charge in [-0.25, -0.2) is 0 Å². The first kappa shape index (κ1) is 5.50. The van der Waals surface area contributed by atoms with Crippen LogP contribution in [-0.4, -0.2) is 16.8 Å². The average molecular weight is 88.1 g/mol. The first-order valence-corrected chi connectivity index (χ1v) is 1.72. The molecular weight excluding hydrogens is 80.0 g/mol. The zero-order chi connectivity index (χ0) is 4.99. The Balaban J connectivity index is 3.22. The summed E-state index contributed by atoms with van der Waals surface area (Å²) in [6.07, 6.45) is 0.889. The smallest absolute Gasteiger partial charge is 0.0803 e. The molecule has 0 unspecified atom stereocenters. The maximum atomic E-state index is 8.11. The molecule has 2 N–H and O–H groups in total. The Kier molecular flexibility index (Phi) is 2.50. The second kappa shape index (κ2) is 2.72. The Morgan fingerprint density at radius 3 is 2.33 bits per heavy atom. The third-order valence-electron chi connectivity index (χ3n) is 0.470. The van der Waals surface area contributed by atoms with Gasteiger partial charge in [-0.2, -0.15) is 0 Å². The van der Waals surface area contributed by atoms with Crippen LogP contribution in [0.5, 0.6) is 0 Å². The maximum Gasteiger partial charge on any atom is 0.0803 e. The van der Waals surface area contributed by atoms with E-state index in [1.54, 1.807) is 6.92 Å². The van der Waals surface area contributed by atoms with Crippen LogP contribution in [0.15, 0.2) is 11.8 Å². The summed E-state index contributed by atoms with van der Waals surface area (Å²) >= 11 is 0. The third-order valence-corrected chi connectivity index (χ3v) is 0.470. The zero-order valence-corrected chi connectivity index (χ0v) is 3.68. The summed E-state index contributed by atoms with van der Waals surface area (Å²) < 4.78 is 0. The molecule has 0 bridgehead atoms. The average Bonchev–Trinajstić information content (AvgIpc) is 1.65. The summed E-state index contributed by atoms with van der Waals surface area (Å²) in [5, 5.41) is 16.1. The van der Waals surface area contributed by atoms with Gasteiger partial charge in [-0.05, 0) is 12.5 Å². The minimum Gasteiger partial charge on any atom is -0.516 e. The molecule has 0 aromatic rings. The van der Waals surface area contributed by atoms with E-state index >= 15 is 0 Å². The summed E-state index contributed by atoms with van der Waals surface area (Å²) in [4.78, 5) is 0. The van der Waals surface area contributed by atoms with Gasteiger partial charge in [0.25, 0.3) is 0 Å². The van der Waals surface area contributed by atoms with Gasteiger partial charge in [0.05, 0.1) is 12.9 Å². The predicted octanol–water partition coefficient (Wildman–Crippen LogP) is 0.440. The number of aliphatic hydroxyl groups is 2. The fraction of sp³-hybridized carbons (Fsp3) is 0.500. The molecule has 0 saturated carbocycles. The van der Waals surface area contributed by atoms with Crippen molar-refractivity contribution in [2.75, 3.05) is 6.61 Å². The third kappa shape index (κ3) is 1.79. The van der Waals surface area contributed by atoms with Crippen molar-refractivity contribution in [3.63, 3.8) is 0 Å². The van der Waals surface area contributed by atoms with Crippen LogP contribution >= 0.6 is 0 Å². The maximum absolute atomic E-state index is 8.11. The highest BCUT2D eigenvalue weighted by Gasteiger charge is 1.76. The van der Waals surface area contributed by atoms with E-state index in [1.807, 2.05) is 0 Å². The highest BCUT2D eigenvalue weighted by atomic mass is 16.3. The Morgan fingerprint density at radius 1 is 1.83 bits per heavy atom. The number of hydrogen-bond acceptors (Lipinski definition) is 2. The summed E-state index contributed by atoms with van der Waals surface area (Å²) in [5.41, 5.74) is 0.579. The van der Waals surface area contributed by atoms with Crippen molar-refractivity contribution in [2.24, 2.45) is 0 Å². The molecular formula is C4H8O2. The fourth-order valence-corrected chi connectivity index (χ4v) is 0.0408. The summed E-state index contributed by atoms with van der Waals surface area (Å²) in [6.45, 7) is 1.58. The molecule has 0 radical (unpaired) electrons. The molecule has 2 nitrogen and oxygen atoms in total. The topological polar surface area (TPSA) is 40.5 Å². The van der Waals surface area contributed by atoms with Crippen molar-refractivity contribution in [2.45, 2.75) is 6.92 Å². The van der Waals surface area contributed by atoms with Crippen molar-refractivity contribution < 1.29 is 10.2 Å². The highest BCUT2D eigenvalue weighted by Crippen LogP contribution is 1.82. The second-order valence-corrected chi connectivity index (χ2v) is 1.13. The van der Waals surface area contributed by atoms with Crippen molar-refractivity contribution in [3.05, 3.63) is 11.8 Å². The van der Waals surface area contributed by atoms with Crippen molar-refractivity contribution >= 4 is 0 Å². The monoisotopic (exact) mass is 88.1 g/mol. The van der Waals surface area contributed by atoms with Crippen LogP contribution in [-0.2, 0) is 0 Å². The van der Waals surface area contributed by atoms with Gasteiger partial charge in [0, 0.05) is 0 Å². The lowest BCUT2D eigenvalue weighted by molar-refractivity contribution is 0.324. The van der Waals surface area contributed by atoms with Gasteiger partial charge in [0.1, 0.15) is 0 Å². The predicted molar refractivity (Wildman–Crippen MR) is 23.5 cm³/mol. The molecule has 0 aliphatic carbocycles. The molecule has 36 valence electrons. The Morgan fingerprint density at radius 2 is 2.33 bits per heavy atom. The molecule has 0 aromatic carbocycles. The molecule has 0 spiro atoms. The van der Waals surface area contributed by atoms with E-state index < -0.39 is 0 Å². The van der Waals surface area contributed by atoms with Gasteiger partial charge >= 0.3 is 0 Å². The SMILES string of the molecule is C/C(=C/O)CO. The molecule has 0 saturated heterocycles. The minimum atomic E-state index is -0.0590. The Bertz CT molecular complexity index is 56.6. The molecule has 0 aromatic heterocycles. The van der Waals surface area contributed by atoms with E-state index in [0.29, 0.717) is 5.57 Å². The molecule has 0 aliphatic heterocycles. The van der Waals surface area contributed by atoms with E-state index in [0.717, 1.165) is 6.26 Å². The lowest BCUT2D eigenvalue weighted by atomic mass is 10.4. The summed E-state index contributed by atoms with van der Waals surface area (Å²) in [7, 11) is 0. The van der Waals surface area contributed by atoms with Gasteiger partial charge in [-0.15, -0.1) is 0 Å². The first-order chi connectivity index (χ1) is 2.81. The standard InChI is InChI=1S/C4H8O2/c1-4(2-5)3-6/h2,5-6H,3H2,1H3/b4-2-. The van der Waals surface area contributed by atoms with Crippen LogP contribution in [0.3, 0.4) is 0 Å². The molecule has 0 atom stereocenters. The quantitative estimate of drug-likeness (QED) is 0.456. The number of aliphatic hydroxyl groups excluding tert-OH is 2. The molecule has 0 amide bonds. The molecule has 0 heterocycles. The molecule has 6 heavy (non-hydrogen) atoms. The van der Waals surface area contributed by atoms with Crippen molar-refractivity contribution in [1.29, 1.82) is 0 Å². The number of rotatable bonds is 1. The van der Waals surface area contributed by atoms with Gasteiger partial charge in [-0.3, -0.25) is 0 Å². The van der Waals surface area contributed by atoms with Gasteiger partial charge in [-0.1, -0.05) is 0 Å². The van der Waals surface area contributed by atoms with E-state index in [-0.39, 0.29) is 6.61 Å². The van der Waals surface area contributed by atoms with Crippen LogP contribution in [0.1, 0.15) is 6.92 Å². The summed E-state index contributed by atoms with van der Waals surface area (Å²) in [6, 6.07) is 0. The molecule has 0 rings (SSSR count). The second-order valence-electron chi connectivity index (χ2n) is 1.13.